The number of esters is 1. The summed E-state index contributed by atoms with van der Waals surface area (Å²) < 4.78 is 4.78. The van der Waals surface area contributed by atoms with Gasteiger partial charge >= 0.3 is 5.97 Å². The molecule has 0 unspecified atom stereocenters. The van der Waals surface area contributed by atoms with Crippen molar-refractivity contribution in [1.82, 2.24) is 10.6 Å². The number of ether oxygens (including phenoxy) is 1. The van der Waals surface area contributed by atoms with E-state index in [1.165, 1.54) is 12.8 Å². The molecule has 0 saturated heterocycles. The average molecular weight is 279 g/mol. The highest BCUT2D eigenvalue weighted by Gasteiger charge is 2.20. The molecular formula is C12H23ClN2O3. The lowest BCUT2D eigenvalue weighted by Crippen LogP contribution is -2.35. The van der Waals surface area contributed by atoms with Gasteiger partial charge in [0.2, 0.25) is 5.91 Å². The van der Waals surface area contributed by atoms with E-state index in [0.717, 1.165) is 12.5 Å². The Hall–Kier alpha value is -0.810. The second-order valence-corrected chi connectivity index (χ2v) is 4.33. The van der Waals surface area contributed by atoms with Gasteiger partial charge < -0.3 is 15.4 Å². The molecule has 0 aromatic carbocycles. The normalized spacial score (nSPS) is 13.6. The SMILES string of the molecule is CCOC(=O)CCCNC(=O)CNCC1CC1.Cl. The van der Waals surface area contributed by atoms with Gasteiger partial charge in [-0.05, 0) is 38.6 Å². The third kappa shape index (κ3) is 9.24. The van der Waals surface area contributed by atoms with E-state index in [1.807, 2.05) is 0 Å². The van der Waals surface area contributed by atoms with Crippen LogP contribution in [0.3, 0.4) is 0 Å². The summed E-state index contributed by atoms with van der Waals surface area (Å²) >= 11 is 0. The zero-order valence-corrected chi connectivity index (χ0v) is 11.7. The second-order valence-electron chi connectivity index (χ2n) is 4.33. The van der Waals surface area contributed by atoms with Gasteiger partial charge in [0.05, 0.1) is 13.2 Å². The van der Waals surface area contributed by atoms with Crippen molar-refractivity contribution >= 4 is 24.3 Å². The Labute approximate surface area is 114 Å². The van der Waals surface area contributed by atoms with E-state index in [9.17, 15) is 9.59 Å². The molecule has 5 nitrogen and oxygen atoms in total. The minimum absolute atomic E-state index is 0. The fraction of sp³-hybridized carbons (Fsp3) is 0.833. The van der Waals surface area contributed by atoms with Crippen molar-refractivity contribution in [3.05, 3.63) is 0 Å². The molecule has 1 aliphatic carbocycles. The van der Waals surface area contributed by atoms with Gasteiger partial charge in [-0.15, -0.1) is 12.4 Å². The second kappa shape index (κ2) is 10.1. The quantitative estimate of drug-likeness (QED) is 0.485. The van der Waals surface area contributed by atoms with Crippen LogP contribution in [0, 0.1) is 5.92 Å². The van der Waals surface area contributed by atoms with Crippen LogP contribution in [0.4, 0.5) is 0 Å². The zero-order chi connectivity index (χ0) is 12.5. The first-order valence-corrected chi connectivity index (χ1v) is 6.35. The van der Waals surface area contributed by atoms with Gasteiger partial charge in [-0.3, -0.25) is 9.59 Å². The maximum absolute atomic E-state index is 11.3. The molecule has 106 valence electrons. The molecule has 6 heteroatoms. The summed E-state index contributed by atoms with van der Waals surface area (Å²) in [5.41, 5.74) is 0. The summed E-state index contributed by atoms with van der Waals surface area (Å²) in [5.74, 6) is 0.578. The average Bonchev–Trinajstić information content (AvgIpc) is 3.09. The highest BCUT2D eigenvalue weighted by atomic mass is 35.5. The van der Waals surface area contributed by atoms with Gasteiger partial charge in [0.15, 0.2) is 0 Å². The van der Waals surface area contributed by atoms with Crippen LogP contribution in [-0.2, 0) is 14.3 Å². The smallest absolute Gasteiger partial charge is 0.305 e. The fourth-order valence-electron chi connectivity index (χ4n) is 1.47. The van der Waals surface area contributed by atoms with Crippen LogP contribution in [-0.4, -0.2) is 38.1 Å². The van der Waals surface area contributed by atoms with Crippen molar-refractivity contribution < 1.29 is 14.3 Å². The maximum Gasteiger partial charge on any atom is 0.305 e. The van der Waals surface area contributed by atoms with Crippen LogP contribution in [0.15, 0.2) is 0 Å². The molecule has 1 fully saturated rings. The zero-order valence-electron chi connectivity index (χ0n) is 10.9. The third-order valence-corrected chi connectivity index (χ3v) is 2.60. The van der Waals surface area contributed by atoms with E-state index in [4.69, 9.17) is 4.74 Å². The molecule has 1 amide bonds. The van der Waals surface area contributed by atoms with Crippen molar-refractivity contribution in [2.45, 2.75) is 32.6 Å². The molecule has 0 spiro atoms. The third-order valence-electron chi connectivity index (χ3n) is 2.60. The van der Waals surface area contributed by atoms with Crippen molar-refractivity contribution in [3.8, 4) is 0 Å². The van der Waals surface area contributed by atoms with Gasteiger partial charge in [0.1, 0.15) is 0 Å². The summed E-state index contributed by atoms with van der Waals surface area (Å²) in [7, 11) is 0. The molecule has 0 atom stereocenters. The molecule has 0 aromatic heterocycles. The van der Waals surface area contributed by atoms with Crippen LogP contribution < -0.4 is 10.6 Å². The summed E-state index contributed by atoms with van der Waals surface area (Å²) in [6.45, 7) is 4.04. The van der Waals surface area contributed by atoms with E-state index in [-0.39, 0.29) is 24.3 Å². The molecule has 0 radical (unpaired) electrons. The number of hydrogen-bond donors (Lipinski definition) is 2. The highest BCUT2D eigenvalue weighted by Crippen LogP contribution is 2.27. The number of carbonyl (C=O) groups is 2. The van der Waals surface area contributed by atoms with Crippen LogP contribution in [0.25, 0.3) is 0 Å². The number of carbonyl (C=O) groups excluding carboxylic acids is 2. The topological polar surface area (TPSA) is 67.4 Å². The lowest BCUT2D eigenvalue weighted by molar-refractivity contribution is -0.143. The van der Waals surface area contributed by atoms with Crippen LogP contribution >= 0.6 is 12.4 Å². The minimum atomic E-state index is -0.200. The predicted molar refractivity (Wildman–Crippen MR) is 71.7 cm³/mol. The summed E-state index contributed by atoms with van der Waals surface area (Å²) in [6.07, 6.45) is 3.57. The Morgan fingerprint density at radius 2 is 2.06 bits per heavy atom. The Balaban J connectivity index is 0.00000289. The number of nitrogens with one attached hydrogen (secondary N) is 2. The molecule has 1 rings (SSSR count). The molecule has 0 aliphatic heterocycles. The van der Waals surface area contributed by atoms with E-state index >= 15 is 0 Å². The molecule has 18 heavy (non-hydrogen) atoms. The lowest BCUT2D eigenvalue weighted by Gasteiger charge is -2.06. The van der Waals surface area contributed by atoms with E-state index < -0.39 is 0 Å². The molecule has 1 saturated carbocycles. The Morgan fingerprint density at radius 3 is 2.67 bits per heavy atom. The van der Waals surface area contributed by atoms with Crippen LogP contribution in [0.5, 0.6) is 0 Å². The van der Waals surface area contributed by atoms with Gasteiger partial charge in [0.25, 0.3) is 0 Å². The van der Waals surface area contributed by atoms with E-state index in [1.54, 1.807) is 6.92 Å². The van der Waals surface area contributed by atoms with Gasteiger partial charge in [-0.1, -0.05) is 0 Å². The van der Waals surface area contributed by atoms with Crippen LogP contribution in [0.2, 0.25) is 0 Å². The highest BCUT2D eigenvalue weighted by molar-refractivity contribution is 5.85. The summed E-state index contributed by atoms with van der Waals surface area (Å²) in [5, 5.41) is 5.88. The molecule has 2 N–H and O–H groups in total. The molecule has 0 aromatic rings. The van der Waals surface area contributed by atoms with Gasteiger partial charge in [-0.2, -0.15) is 0 Å². The molecule has 0 heterocycles. The van der Waals surface area contributed by atoms with Crippen molar-refractivity contribution in [1.29, 1.82) is 0 Å². The van der Waals surface area contributed by atoms with Crippen molar-refractivity contribution in [3.63, 3.8) is 0 Å². The minimum Gasteiger partial charge on any atom is -0.466 e. The van der Waals surface area contributed by atoms with Crippen molar-refractivity contribution in [2.24, 2.45) is 5.92 Å². The molecular weight excluding hydrogens is 256 g/mol. The Morgan fingerprint density at radius 1 is 1.33 bits per heavy atom. The number of hydrogen-bond acceptors (Lipinski definition) is 4. The maximum atomic E-state index is 11.3. The van der Waals surface area contributed by atoms with E-state index in [0.29, 0.717) is 32.5 Å². The number of halogens is 1. The van der Waals surface area contributed by atoms with Crippen LogP contribution in [0.1, 0.15) is 32.6 Å². The van der Waals surface area contributed by atoms with Gasteiger partial charge in [-0.25, -0.2) is 0 Å². The Kier molecular flexibility index (Phi) is 9.69. The van der Waals surface area contributed by atoms with E-state index in [2.05, 4.69) is 10.6 Å². The first-order chi connectivity index (χ1) is 8.22. The molecule has 0 bridgehead atoms. The van der Waals surface area contributed by atoms with Crippen molar-refractivity contribution in [2.75, 3.05) is 26.2 Å². The van der Waals surface area contributed by atoms with Gasteiger partial charge in [0, 0.05) is 13.0 Å². The fourth-order valence-corrected chi connectivity index (χ4v) is 1.47. The summed E-state index contributed by atoms with van der Waals surface area (Å²) in [6, 6.07) is 0. The first kappa shape index (κ1) is 17.2. The number of amides is 1. The Bertz CT molecular complexity index is 258. The monoisotopic (exact) mass is 278 g/mol. The summed E-state index contributed by atoms with van der Waals surface area (Å²) in [4.78, 5) is 22.3. The predicted octanol–water partition coefficient (Wildman–Crippen LogP) is 0.867. The largest absolute Gasteiger partial charge is 0.466 e. The standard InChI is InChI=1S/C12H22N2O3.ClH/c1-2-17-12(16)4-3-7-14-11(15)9-13-8-10-5-6-10;/h10,13H,2-9H2,1H3,(H,14,15);1H. The number of rotatable bonds is 9. The first-order valence-electron chi connectivity index (χ1n) is 6.35. The molecule has 1 aliphatic rings. The lowest BCUT2D eigenvalue weighted by atomic mass is 10.3.